The van der Waals surface area contributed by atoms with Crippen molar-refractivity contribution >= 4 is 0 Å². The molecule has 0 radical (unpaired) electrons. The number of aliphatic hydroxyl groups excluding tert-OH is 2. The van der Waals surface area contributed by atoms with Gasteiger partial charge in [-0.2, -0.15) is 0 Å². The van der Waals surface area contributed by atoms with Crippen molar-refractivity contribution in [2.24, 2.45) is 0 Å². The normalized spacial score (nSPS) is 29.7. The highest BCUT2D eigenvalue weighted by atomic mass is 16.5. The smallest absolute Gasteiger partial charge is 0.124 e. The van der Waals surface area contributed by atoms with Gasteiger partial charge in [0, 0.05) is 25.7 Å². The second kappa shape index (κ2) is 3.45. The topological polar surface area (TPSA) is 69.7 Å². The van der Waals surface area contributed by atoms with Gasteiger partial charge in [0.1, 0.15) is 6.26 Å². The second-order valence-corrected chi connectivity index (χ2v) is 3.32. The lowest BCUT2D eigenvalue weighted by Gasteiger charge is -2.11. The Morgan fingerprint density at radius 2 is 2.15 bits per heavy atom. The summed E-state index contributed by atoms with van der Waals surface area (Å²) in [5.74, 6) is 0. The molecule has 0 aliphatic carbocycles. The molecule has 2 heterocycles. The molecule has 2 atom stereocenters. The molecule has 2 rings (SSSR count). The number of aromatic nitrogens is 1. The van der Waals surface area contributed by atoms with Crippen LogP contribution in [-0.2, 0) is 6.54 Å². The van der Waals surface area contributed by atoms with Crippen LogP contribution in [0.15, 0.2) is 16.9 Å². The van der Waals surface area contributed by atoms with E-state index in [1.807, 2.05) is 4.90 Å². The molecule has 72 valence electrons. The highest BCUT2D eigenvalue weighted by molar-refractivity contribution is 4.97. The summed E-state index contributed by atoms with van der Waals surface area (Å²) in [5, 5.41) is 22.3. The first-order valence-electron chi connectivity index (χ1n) is 4.23. The molecule has 1 aliphatic rings. The van der Waals surface area contributed by atoms with E-state index in [4.69, 9.17) is 0 Å². The van der Waals surface area contributed by atoms with Gasteiger partial charge < -0.3 is 14.7 Å². The Morgan fingerprint density at radius 3 is 2.69 bits per heavy atom. The van der Waals surface area contributed by atoms with Crippen molar-refractivity contribution in [2.75, 3.05) is 13.1 Å². The van der Waals surface area contributed by atoms with E-state index in [1.54, 1.807) is 6.07 Å². The van der Waals surface area contributed by atoms with E-state index >= 15 is 0 Å². The van der Waals surface area contributed by atoms with Gasteiger partial charge in [0.2, 0.25) is 0 Å². The fourth-order valence-corrected chi connectivity index (χ4v) is 1.52. The third-order valence-electron chi connectivity index (χ3n) is 2.21. The van der Waals surface area contributed by atoms with E-state index in [0.29, 0.717) is 19.6 Å². The minimum absolute atomic E-state index is 0.494. The van der Waals surface area contributed by atoms with Crippen molar-refractivity contribution in [3.8, 4) is 0 Å². The summed E-state index contributed by atoms with van der Waals surface area (Å²) in [6, 6.07) is 1.77. The monoisotopic (exact) mass is 184 g/mol. The Balaban J connectivity index is 1.91. The van der Waals surface area contributed by atoms with Crippen LogP contribution in [-0.4, -0.2) is 45.6 Å². The first-order valence-corrected chi connectivity index (χ1v) is 4.23. The zero-order chi connectivity index (χ0) is 9.26. The number of nitrogens with zero attached hydrogens (tertiary/aromatic N) is 2. The van der Waals surface area contributed by atoms with Gasteiger partial charge in [0.15, 0.2) is 0 Å². The van der Waals surface area contributed by atoms with Crippen molar-refractivity contribution in [2.45, 2.75) is 18.8 Å². The molecule has 1 fully saturated rings. The molecule has 2 N–H and O–H groups in total. The van der Waals surface area contributed by atoms with Crippen LogP contribution in [0.25, 0.3) is 0 Å². The molecule has 1 aromatic heterocycles. The van der Waals surface area contributed by atoms with Gasteiger partial charge in [-0.25, -0.2) is 0 Å². The van der Waals surface area contributed by atoms with Crippen molar-refractivity contribution in [3.05, 3.63) is 18.0 Å². The third-order valence-corrected chi connectivity index (χ3v) is 2.21. The Kier molecular flexibility index (Phi) is 2.30. The number of β-amino-alcohol motifs (C(OH)–C–C–N with tert-alkyl or cyclic N) is 2. The van der Waals surface area contributed by atoms with Gasteiger partial charge in [0.05, 0.1) is 17.9 Å². The highest BCUT2D eigenvalue weighted by Crippen LogP contribution is 2.12. The zero-order valence-corrected chi connectivity index (χ0v) is 7.13. The molecule has 1 saturated heterocycles. The largest absolute Gasteiger partial charge is 0.389 e. The summed E-state index contributed by atoms with van der Waals surface area (Å²) >= 11 is 0. The number of aliphatic hydroxyl groups is 2. The van der Waals surface area contributed by atoms with Crippen LogP contribution in [0.4, 0.5) is 0 Å². The number of rotatable bonds is 2. The maximum absolute atomic E-state index is 9.26. The molecule has 5 nitrogen and oxygen atoms in total. The lowest BCUT2D eigenvalue weighted by molar-refractivity contribution is 0.0572. The molecule has 0 bridgehead atoms. The summed E-state index contributed by atoms with van der Waals surface area (Å²) in [4.78, 5) is 1.94. The quantitative estimate of drug-likeness (QED) is 0.630. The van der Waals surface area contributed by atoms with Crippen molar-refractivity contribution in [3.63, 3.8) is 0 Å². The second-order valence-electron chi connectivity index (χ2n) is 3.32. The van der Waals surface area contributed by atoms with Gasteiger partial charge >= 0.3 is 0 Å². The predicted molar refractivity (Wildman–Crippen MR) is 43.8 cm³/mol. The number of hydrogen-bond donors (Lipinski definition) is 2. The summed E-state index contributed by atoms with van der Waals surface area (Å²) in [5.41, 5.74) is 0.821. The molecule has 0 aromatic carbocycles. The summed E-state index contributed by atoms with van der Waals surface area (Å²) < 4.78 is 4.68. The van der Waals surface area contributed by atoms with Crippen LogP contribution in [0.5, 0.6) is 0 Å². The molecule has 0 unspecified atom stereocenters. The molecule has 1 aromatic rings. The van der Waals surface area contributed by atoms with Gasteiger partial charge in [-0.1, -0.05) is 5.16 Å². The van der Waals surface area contributed by atoms with Crippen molar-refractivity contribution in [1.29, 1.82) is 0 Å². The van der Waals surface area contributed by atoms with E-state index in [9.17, 15) is 10.2 Å². The minimum atomic E-state index is -0.632. The van der Waals surface area contributed by atoms with E-state index < -0.39 is 12.2 Å². The minimum Gasteiger partial charge on any atom is -0.389 e. The summed E-state index contributed by atoms with van der Waals surface area (Å²) in [6.45, 7) is 1.60. The van der Waals surface area contributed by atoms with Crippen molar-refractivity contribution in [1.82, 2.24) is 10.1 Å². The number of likely N-dealkylation sites (tertiary alicyclic amines) is 1. The van der Waals surface area contributed by atoms with Crippen LogP contribution < -0.4 is 0 Å². The molecule has 5 heteroatoms. The van der Waals surface area contributed by atoms with Crippen molar-refractivity contribution < 1.29 is 14.7 Å². The van der Waals surface area contributed by atoms with Gasteiger partial charge in [0.25, 0.3) is 0 Å². The third kappa shape index (κ3) is 1.88. The van der Waals surface area contributed by atoms with Crippen LogP contribution in [0.1, 0.15) is 5.69 Å². The maximum Gasteiger partial charge on any atom is 0.124 e. The SMILES string of the molecule is O[C@@H]1CN(Cc2ccon2)C[C@@H]1O. The fraction of sp³-hybridized carbons (Fsp3) is 0.625. The molecular formula is C8H12N2O3. The van der Waals surface area contributed by atoms with Gasteiger partial charge in [-0.3, -0.25) is 4.90 Å². The summed E-state index contributed by atoms with van der Waals surface area (Å²) in [6.07, 6.45) is 0.247. The van der Waals surface area contributed by atoms with Gasteiger partial charge in [-0.15, -0.1) is 0 Å². The zero-order valence-electron chi connectivity index (χ0n) is 7.13. The Morgan fingerprint density at radius 1 is 1.46 bits per heavy atom. The van der Waals surface area contributed by atoms with Crippen LogP contribution in [0.2, 0.25) is 0 Å². The number of hydrogen-bond acceptors (Lipinski definition) is 5. The lowest BCUT2D eigenvalue weighted by atomic mass is 10.3. The molecule has 0 amide bonds. The average Bonchev–Trinajstić information content (AvgIpc) is 2.64. The molecule has 0 spiro atoms. The van der Waals surface area contributed by atoms with E-state index in [0.717, 1.165) is 5.69 Å². The Labute approximate surface area is 75.6 Å². The Bertz CT molecular complexity index is 252. The molecule has 13 heavy (non-hydrogen) atoms. The first-order chi connectivity index (χ1) is 6.25. The van der Waals surface area contributed by atoms with Crippen LogP contribution in [0.3, 0.4) is 0 Å². The maximum atomic E-state index is 9.26. The van der Waals surface area contributed by atoms with E-state index in [2.05, 4.69) is 9.68 Å². The van der Waals surface area contributed by atoms with Crippen LogP contribution in [0, 0.1) is 0 Å². The molecule has 0 saturated carbocycles. The predicted octanol–water partition coefficient (Wildman–Crippen LogP) is -0.788. The van der Waals surface area contributed by atoms with E-state index in [1.165, 1.54) is 6.26 Å². The average molecular weight is 184 g/mol. The lowest BCUT2D eigenvalue weighted by Crippen LogP contribution is -2.22. The van der Waals surface area contributed by atoms with Gasteiger partial charge in [-0.05, 0) is 0 Å². The summed E-state index contributed by atoms with van der Waals surface area (Å²) in [7, 11) is 0. The molecular weight excluding hydrogens is 172 g/mol. The fourth-order valence-electron chi connectivity index (χ4n) is 1.52. The highest BCUT2D eigenvalue weighted by Gasteiger charge is 2.29. The molecule has 1 aliphatic heterocycles. The van der Waals surface area contributed by atoms with E-state index in [-0.39, 0.29) is 0 Å². The van der Waals surface area contributed by atoms with Crippen LogP contribution >= 0.6 is 0 Å². The standard InChI is InChI=1S/C8H12N2O3/c11-7-4-10(5-8(7)12)3-6-1-2-13-9-6/h1-2,7-8,11-12H,3-5H2/t7-,8+. The first kappa shape index (κ1) is 8.68. The Hall–Kier alpha value is -0.910.